The van der Waals surface area contributed by atoms with Crippen molar-refractivity contribution in [1.82, 2.24) is 10.2 Å². The smallest absolute Gasteiger partial charge is 0.407 e. The first-order chi connectivity index (χ1) is 9.23. The van der Waals surface area contributed by atoms with Crippen LogP contribution in [0.5, 0.6) is 0 Å². The van der Waals surface area contributed by atoms with Gasteiger partial charge in [-0.3, -0.25) is 4.79 Å². The molecule has 1 fully saturated rings. The molecule has 0 aromatic carbocycles. The number of piperidine rings is 1. The molecule has 2 atom stereocenters. The average molecular weight is 286 g/mol. The lowest BCUT2D eigenvalue weighted by Gasteiger charge is -2.37. The highest BCUT2D eigenvalue weighted by Crippen LogP contribution is 2.18. The number of hydrogen-bond donors (Lipinski definition) is 1. The molecule has 0 spiro atoms. The number of hydrogen-bond acceptors (Lipinski definition) is 4. The van der Waals surface area contributed by atoms with E-state index in [1.54, 1.807) is 4.90 Å². The number of ether oxygens (including phenoxy) is 2. The number of likely N-dealkylation sites (tertiary alicyclic amines) is 1. The topological polar surface area (TPSA) is 67.9 Å². The summed E-state index contributed by atoms with van der Waals surface area (Å²) in [7, 11) is 1.50. The Kier molecular flexibility index (Phi) is 5.80. The van der Waals surface area contributed by atoms with Gasteiger partial charge in [-0.15, -0.1) is 0 Å². The van der Waals surface area contributed by atoms with Crippen molar-refractivity contribution in [3.63, 3.8) is 0 Å². The fourth-order valence-electron chi connectivity index (χ4n) is 2.16. The van der Waals surface area contributed by atoms with Crippen molar-refractivity contribution in [3.8, 4) is 0 Å². The Morgan fingerprint density at radius 2 is 2.00 bits per heavy atom. The number of rotatable bonds is 3. The lowest BCUT2D eigenvalue weighted by Crippen LogP contribution is -2.54. The monoisotopic (exact) mass is 286 g/mol. The summed E-state index contributed by atoms with van der Waals surface area (Å²) in [4.78, 5) is 25.4. The maximum Gasteiger partial charge on any atom is 0.407 e. The molecule has 0 aromatic rings. The first kappa shape index (κ1) is 16.8. The fraction of sp³-hybridized carbons (Fsp3) is 0.857. The summed E-state index contributed by atoms with van der Waals surface area (Å²) in [5, 5.41) is 2.86. The SMILES string of the molecule is COCC(=O)N1CC[C@H](C)[C@H](NC(=O)OC(C)(C)C)C1. The van der Waals surface area contributed by atoms with Crippen molar-refractivity contribution in [2.45, 2.75) is 45.8 Å². The van der Waals surface area contributed by atoms with E-state index in [-0.39, 0.29) is 18.6 Å². The molecule has 20 heavy (non-hydrogen) atoms. The fourth-order valence-corrected chi connectivity index (χ4v) is 2.16. The van der Waals surface area contributed by atoms with Gasteiger partial charge in [0.2, 0.25) is 5.91 Å². The molecule has 6 heteroatoms. The van der Waals surface area contributed by atoms with E-state index in [1.807, 2.05) is 20.8 Å². The van der Waals surface area contributed by atoms with Gasteiger partial charge in [0.1, 0.15) is 12.2 Å². The molecule has 0 aromatic heterocycles. The van der Waals surface area contributed by atoms with E-state index < -0.39 is 11.7 Å². The lowest BCUT2D eigenvalue weighted by atomic mass is 9.93. The maximum atomic E-state index is 11.8. The minimum atomic E-state index is -0.520. The number of nitrogens with one attached hydrogen (secondary N) is 1. The Balaban J connectivity index is 2.54. The second-order valence-electron chi connectivity index (χ2n) is 6.29. The van der Waals surface area contributed by atoms with Gasteiger partial charge in [0, 0.05) is 20.2 Å². The third-order valence-corrected chi connectivity index (χ3v) is 3.28. The number of methoxy groups -OCH3 is 1. The second-order valence-corrected chi connectivity index (χ2v) is 6.29. The lowest BCUT2D eigenvalue weighted by molar-refractivity contribution is -0.137. The van der Waals surface area contributed by atoms with Crippen molar-refractivity contribution in [1.29, 1.82) is 0 Å². The van der Waals surface area contributed by atoms with Crippen LogP contribution in [0.3, 0.4) is 0 Å². The van der Waals surface area contributed by atoms with Gasteiger partial charge < -0.3 is 19.7 Å². The summed E-state index contributed by atoms with van der Waals surface area (Å²) in [5.74, 6) is 0.268. The minimum Gasteiger partial charge on any atom is -0.444 e. The van der Waals surface area contributed by atoms with Crippen LogP contribution in [0, 0.1) is 5.92 Å². The van der Waals surface area contributed by atoms with Gasteiger partial charge in [-0.05, 0) is 33.1 Å². The molecule has 0 bridgehead atoms. The van der Waals surface area contributed by atoms with Crippen LogP contribution < -0.4 is 5.32 Å². The number of carbonyl (C=O) groups is 2. The predicted molar refractivity (Wildman–Crippen MR) is 75.4 cm³/mol. The third-order valence-electron chi connectivity index (χ3n) is 3.28. The van der Waals surface area contributed by atoms with Crippen LogP contribution in [0.1, 0.15) is 34.1 Å². The van der Waals surface area contributed by atoms with E-state index in [0.29, 0.717) is 19.0 Å². The molecule has 116 valence electrons. The molecular weight excluding hydrogens is 260 g/mol. The van der Waals surface area contributed by atoms with Crippen molar-refractivity contribution in [2.24, 2.45) is 5.92 Å². The van der Waals surface area contributed by atoms with Crippen LogP contribution >= 0.6 is 0 Å². The van der Waals surface area contributed by atoms with Gasteiger partial charge in [-0.1, -0.05) is 6.92 Å². The van der Waals surface area contributed by atoms with E-state index >= 15 is 0 Å². The normalized spacial score (nSPS) is 23.4. The molecule has 0 radical (unpaired) electrons. The summed E-state index contributed by atoms with van der Waals surface area (Å²) >= 11 is 0. The van der Waals surface area contributed by atoms with Crippen molar-refractivity contribution >= 4 is 12.0 Å². The molecule has 2 amide bonds. The molecule has 0 unspecified atom stereocenters. The maximum absolute atomic E-state index is 11.8. The Morgan fingerprint density at radius 3 is 2.55 bits per heavy atom. The number of alkyl carbamates (subject to hydrolysis) is 1. The summed E-state index contributed by atoms with van der Waals surface area (Å²) in [6.45, 7) is 8.83. The van der Waals surface area contributed by atoms with Crippen LogP contribution in [-0.4, -0.2) is 55.3 Å². The van der Waals surface area contributed by atoms with Gasteiger partial charge in [-0.2, -0.15) is 0 Å². The van der Waals surface area contributed by atoms with Crippen LogP contribution in [-0.2, 0) is 14.3 Å². The second kappa shape index (κ2) is 6.92. The Hall–Kier alpha value is -1.30. The van der Waals surface area contributed by atoms with Gasteiger partial charge in [0.05, 0.1) is 6.04 Å². The molecule has 0 aliphatic carbocycles. The Labute approximate surface area is 120 Å². The van der Waals surface area contributed by atoms with Crippen LogP contribution in [0.25, 0.3) is 0 Å². The molecule has 6 nitrogen and oxygen atoms in total. The molecule has 1 aliphatic rings. The molecule has 1 rings (SSSR count). The van der Waals surface area contributed by atoms with E-state index in [0.717, 1.165) is 6.42 Å². The van der Waals surface area contributed by atoms with Crippen molar-refractivity contribution in [3.05, 3.63) is 0 Å². The number of amides is 2. The quantitative estimate of drug-likeness (QED) is 0.851. The highest BCUT2D eigenvalue weighted by molar-refractivity contribution is 5.77. The van der Waals surface area contributed by atoms with Crippen molar-refractivity contribution in [2.75, 3.05) is 26.8 Å². The average Bonchev–Trinajstić information content (AvgIpc) is 2.29. The zero-order valence-electron chi connectivity index (χ0n) is 13.1. The molecule has 1 saturated heterocycles. The summed E-state index contributed by atoms with van der Waals surface area (Å²) < 4.78 is 10.1. The van der Waals surface area contributed by atoms with E-state index in [4.69, 9.17) is 9.47 Å². The van der Waals surface area contributed by atoms with Crippen LogP contribution in [0.2, 0.25) is 0 Å². The summed E-state index contributed by atoms with van der Waals surface area (Å²) in [6.07, 6.45) is 0.422. The van der Waals surface area contributed by atoms with E-state index in [9.17, 15) is 9.59 Å². The number of carbonyl (C=O) groups excluding carboxylic acids is 2. The summed E-state index contributed by atoms with van der Waals surface area (Å²) in [5.41, 5.74) is -0.520. The first-order valence-corrected chi connectivity index (χ1v) is 6.99. The van der Waals surface area contributed by atoms with Crippen LogP contribution in [0.15, 0.2) is 0 Å². The van der Waals surface area contributed by atoms with Gasteiger partial charge in [-0.25, -0.2) is 4.79 Å². The standard InChI is InChI=1S/C14H26N2O4/c1-10-6-7-16(12(17)9-19-5)8-11(10)15-13(18)20-14(2,3)4/h10-11H,6-9H2,1-5H3,(H,15,18)/t10-,11+/m0/s1. The summed E-state index contributed by atoms with van der Waals surface area (Å²) in [6, 6.07) is -0.0839. The first-order valence-electron chi connectivity index (χ1n) is 6.99. The Morgan fingerprint density at radius 1 is 1.35 bits per heavy atom. The third kappa shape index (κ3) is 5.36. The zero-order chi connectivity index (χ0) is 15.3. The van der Waals surface area contributed by atoms with E-state index in [1.165, 1.54) is 7.11 Å². The predicted octanol–water partition coefficient (Wildman–Crippen LogP) is 1.39. The molecular formula is C14H26N2O4. The highest BCUT2D eigenvalue weighted by atomic mass is 16.6. The minimum absolute atomic E-state index is 0.0459. The largest absolute Gasteiger partial charge is 0.444 e. The van der Waals surface area contributed by atoms with E-state index in [2.05, 4.69) is 12.2 Å². The number of nitrogens with zero attached hydrogens (tertiary/aromatic N) is 1. The van der Waals surface area contributed by atoms with Gasteiger partial charge in [0.15, 0.2) is 0 Å². The van der Waals surface area contributed by atoms with Crippen molar-refractivity contribution < 1.29 is 19.1 Å². The Bertz CT molecular complexity index is 352. The molecule has 1 aliphatic heterocycles. The van der Waals surface area contributed by atoms with Gasteiger partial charge >= 0.3 is 6.09 Å². The molecule has 1 N–H and O–H groups in total. The van der Waals surface area contributed by atoms with Crippen LogP contribution in [0.4, 0.5) is 4.79 Å². The molecule has 1 heterocycles. The highest BCUT2D eigenvalue weighted by Gasteiger charge is 2.30. The zero-order valence-corrected chi connectivity index (χ0v) is 13.1. The molecule has 0 saturated carbocycles. The van der Waals surface area contributed by atoms with Gasteiger partial charge in [0.25, 0.3) is 0 Å².